The molecule has 1 aromatic heterocycles. The molecule has 0 unspecified atom stereocenters. The fraction of sp³-hybridized carbons (Fsp3) is 0.292. The highest BCUT2D eigenvalue weighted by atomic mass is 16.2. The molecular weight excluding hydrogens is 390 g/mol. The maximum atomic E-state index is 12.5. The number of aromatic nitrogens is 2. The number of hydrogen-bond donors (Lipinski definition) is 3. The van der Waals surface area contributed by atoms with E-state index < -0.39 is 5.91 Å². The molecule has 162 valence electrons. The van der Waals surface area contributed by atoms with Gasteiger partial charge in [0.2, 0.25) is 5.91 Å². The average Bonchev–Trinajstić information content (AvgIpc) is 3.07. The SMILES string of the molecule is CCc1cc(NC(=O)Cc2ccc(-c3nn(C(C)C)c(N)c3C(N)=O)cc2)ccc1C. The lowest BCUT2D eigenvalue weighted by Crippen LogP contribution is -2.15. The normalized spacial score (nSPS) is 11.0. The highest BCUT2D eigenvalue weighted by molar-refractivity contribution is 6.03. The van der Waals surface area contributed by atoms with E-state index in [0.29, 0.717) is 5.69 Å². The second-order valence-electron chi connectivity index (χ2n) is 7.93. The first-order chi connectivity index (χ1) is 14.7. The Morgan fingerprint density at radius 2 is 1.81 bits per heavy atom. The van der Waals surface area contributed by atoms with Crippen LogP contribution in [0, 0.1) is 6.92 Å². The summed E-state index contributed by atoms with van der Waals surface area (Å²) < 4.78 is 1.59. The van der Waals surface area contributed by atoms with Crippen molar-refractivity contribution < 1.29 is 9.59 Å². The molecule has 7 heteroatoms. The molecule has 0 aliphatic heterocycles. The third-order valence-corrected chi connectivity index (χ3v) is 5.29. The quantitative estimate of drug-likeness (QED) is 0.539. The highest BCUT2D eigenvalue weighted by Crippen LogP contribution is 2.29. The van der Waals surface area contributed by atoms with Crippen molar-refractivity contribution in [3.05, 3.63) is 64.7 Å². The zero-order valence-corrected chi connectivity index (χ0v) is 18.4. The lowest BCUT2D eigenvalue weighted by molar-refractivity contribution is -0.115. The van der Waals surface area contributed by atoms with Gasteiger partial charge in [-0.15, -0.1) is 0 Å². The van der Waals surface area contributed by atoms with Crippen molar-refractivity contribution in [2.24, 2.45) is 5.73 Å². The zero-order chi connectivity index (χ0) is 22.7. The van der Waals surface area contributed by atoms with E-state index in [1.165, 1.54) is 11.1 Å². The van der Waals surface area contributed by atoms with Crippen LogP contribution in [-0.4, -0.2) is 21.6 Å². The summed E-state index contributed by atoms with van der Waals surface area (Å²) in [6, 6.07) is 13.3. The maximum absolute atomic E-state index is 12.5. The average molecular weight is 420 g/mol. The summed E-state index contributed by atoms with van der Waals surface area (Å²) in [5, 5.41) is 7.44. The molecule has 0 atom stereocenters. The van der Waals surface area contributed by atoms with Crippen LogP contribution in [-0.2, 0) is 17.6 Å². The second-order valence-corrected chi connectivity index (χ2v) is 7.93. The summed E-state index contributed by atoms with van der Waals surface area (Å²) in [6.45, 7) is 8.01. The molecule has 0 radical (unpaired) electrons. The summed E-state index contributed by atoms with van der Waals surface area (Å²) in [4.78, 5) is 24.4. The van der Waals surface area contributed by atoms with Crippen LogP contribution in [0.25, 0.3) is 11.3 Å². The summed E-state index contributed by atoms with van der Waals surface area (Å²) in [5.41, 5.74) is 17.1. The minimum atomic E-state index is -0.618. The van der Waals surface area contributed by atoms with Crippen LogP contribution in [0.2, 0.25) is 0 Å². The Hall–Kier alpha value is -3.61. The van der Waals surface area contributed by atoms with Gasteiger partial charge in [0.1, 0.15) is 17.1 Å². The number of carbonyl (C=O) groups is 2. The first kappa shape index (κ1) is 22.1. The predicted molar refractivity (Wildman–Crippen MR) is 124 cm³/mol. The standard InChI is InChI=1S/C24H29N5O2/c1-5-17-13-19(11-6-15(17)4)27-20(30)12-16-7-9-18(10-8-16)22-21(24(26)31)23(25)29(28-22)14(2)3/h6-11,13-14H,5,12,25H2,1-4H3,(H2,26,31)(H,27,30). The van der Waals surface area contributed by atoms with Crippen molar-refractivity contribution in [3.8, 4) is 11.3 Å². The third kappa shape index (κ3) is 4.77. The van der Waals surface area contributed by atoms with Gasteiger partial charge in [0.25, 0.3) is 5.91 Å². The molecule has 3 aromatic rings. The number of hydrogen-bond acceptors (Lipinski definition) is 4. The monoisotopic (exact) mass is 419 g/mol. The van der Waals surface area contributed by atoms with Gasteiger partial charge in [0, 0.05) is 17.3 Å². The van der Waals surface area contributed by atoms with Crippen LogP contribution in [0.5, 0.6) is 0 Å². The summed E-state index contributed by atoms with van der Waals surface area (Å²) >= 11 is 0. The third-order valence-electron chi connectivity index (χ3n) is 5.29. The molecule has 3 rings (SSSR count). The Bertz CT molecular complexity index is 1110. The topological polar surface area (TPSA) is 116 Å². The lowest BCUT2D eigenvalue weighted by Gasteiger charge is -2.09. The van der Waals surface area contributed by atoms with Crippen LogP contribution >= 0.6 is 0 Å². The van der Waals surface area contributed by atoms with Crippen molar-refractivity contribution in [2.75, 3.05) is 11.1 Å². The number of benzene rings is 2. The van der Waals surface area contributed by atoms with Crippen LogP contribution in [0.3, 0.4) is 0 Å². The largest absolute Gasteiger partial charge is 0.383 e. The number of carbonyl (C=O) groups excluding carboxylic acids is 2. The maximum Gasteiger partial charge on any atom is 0.254 e. The van der Waals surface area contributed by atoms with Gasteiger partial charge in [0.05, 0.1) is 6.42 Å². The summed E-state index contributed by atoms with van der Waals surface area (Å²) in [5.74, 6) is -0.456. The van der Waals surface area contributed by atoms with E-state index >= 15 is 0 Å². The fourth-order valence-corrected chi connectivity index (χ4v) is 3.59. The molecule has 1 heterocycles. The van der Waals surface area contributed by atoms with Crippen molar-refractivity contribution in [3.63, 3.8) is 0 Å². The molecule has 0 aliphatic rings. The van der Waals surface area contributed by atoms with E-state index in [-0.39, 0.29) is 29.8 Å². The van der Waals surface area contributed by atoms with Crippen LogP contribution in [0.1, 0.15) is 53.9 Å². The summed E-state index contributed by atoms with van der Waals surface area (Å²) in [6.07, 6.45) is 1.16. The van der Waals surface area contributed by atoms with E-state index in [2.05, 4.69) is 24.3 Å². The fourth-order valence-electron chi connectivity index (χ4n) is 3.59. The second kappa shape index (κ2) is 9.04. The molecule has 7 nitrogen and oxygen atoms in total. The van der Waals surface area contributed by atoms with Crippen LogP contribution in [0.4, 0.5) is 11.5 Å². The Morgan fingerprint density at radius 3 is 2.39 bits per heavy atom. The smallest absolute Gasteiger partial charge is 0.254 e. The van der Waals surface area contributed by atoms with E-state index in [4.69, 9.17) is 11.5 Å². The molecule has 2 amide bonds. The minimum absolute atomic E-state index is 0.00943. The van der Waals surface area contributed by atoms with Gasteiger partial charge >= 0.3 is 0 Å². The van der Waals surface area contributed by atoms with Crippen molar-refractivity contribution in [1.82, 2.24) is 9.78 Å². The number of nitrogens with two attached hydrogens (primary N) is 2. The molecule has 0 bridgehead atoms. The number of primary amides is 1. The Kier molecular flexibility index (Phi) is 6.44. The molecule has 0 saturated heterocycles. The molecule has 0 fully saturated rings. The first-order valence-electron chi connectivity index (χ1n) is 10.4. The number of nitrogens with one attached hydrogen (secondary N) is 1. The molecular formula is C24H29N5O2. The number of anilines is 2. The van der Waals surface area contributed by atoms with Gasteiger partial charge in [-0.25, -0.2) is 4.68 Å². The van der Waals surface area contributed by atoms with Gasteiger partial charge in [-0.1, -0.05) is 37.3 Å². The van der Waals surface area contributed by atoms with Crippen molar-refractivity contribution in [2.45, 2.75) is 46.6 Å². The summed E-state index contributed by atoms with van der Waals surface area (Å²) in [7, 11) is 0. The highest BCUT2D eigenvalue weighted by Gasteiger charge is 2.22. The van der Waals surface area contributed by atoms with Crippen LogP contribution in [0.15, 0.2) is 42.5 Å². The van der Waals surface area contributed by atoms with E-state index in [9.17, 15) is 9.59 Å². The molecule has 2 aromatic carbocycles. The number of nitrogen functional groups attached to an aromatic ring is 1. The molecule has 5 N–H and O–H groups in total. The minimum Gasteiger partial charge on any atom is -0.383 e. The Morgan fingerprint density at radius 1 is 1.13 bits per heavy atom. The van der Waals surface area contributed by atoms with E-state index in [1.54, 1.807) is 4.68 Å². The number of rotatable bonds is 7. The van der Waals surface area contributed by atoms with Crippen molar-refractivity contribution >= 4 is 23.3 Å². The molecule has 0 aliphatic carbocycles. The molecule has 0 spiro atoms. The number of aryl methyl sites for hydroxylation is 2. The van der Waals surface area contributed by atoms with Gasteiger partial charge in [-0.3, -0.25) is 9.59 Å². The van der Waals surface area contributed by atoms with Crippen molar-refractivity contribution in [1.29, 1.82) is 0 Å². The predicted octanol–water partition coefficient (Wildman–Crippen LogP) is 3.86. The molecule has 0 saturated carbocycles. The molecule has 31 heavy (non-hydrogen) atoms. The number of nitrogens with zero attached hydrogens (tertiary/aromatic N) is 2. The first-order valence-corrected chi connectivity index (χ1v) is 10.4. The Balaban J connectivity index is 1.77. The van der Waals surface area contributed by atoms with Crippen LogP contribution < -0.4 is 16.8 Å². The van der Waals surface area contributed by atoms with E-state index in [1.807, 2.05) is 56.3 Å². The lowest BCUT2D eigenvalue weighted by atomic mass is 10.0. The van der Waals surface area contributed by atoms with Gasteiger partial charge in [0.15, 0.2) is 0 Å². The Labute approximate surface area is 182 Å². The van der Waals surface area contributed by atoms with Gasteiger partial charge in [-0.05, 0) is 56.0 Å². The van der Waals surface area contributed by atoms with E-state index in [0.717, 1.165) is 23.2 Å². The van der Waals surface area contributed by atoms with Gasteiger partial charge < -0.3 is 16.8 Å². The van der Waals surface area contributed by atoms with Gasteiger partial charge in [-0.2, -0.15) is 5.10 Å². The number of amides is 2. The zero-order valence-electron chi connectivity index (χ0n) is 18.4.